The van der Waals surface area contributed by atoms with E-state index in [4.69, 9.17) is 4.74 Å². The van der Waals surface area contributed by atoms with E-state index in [1.165, 1.54) is 45.1 Å². The van der Waals surface area contributed by atoms with Crippen LogP contribution in [0.5, 0.6) is 0 Å². The summed E-state index contributed by atoms with van der Waals surface area (Å²) in [5.74, 6) is 0. The lowest BCUT2D eigenvalue weighted by Crippen LogP contribution is -2.49. The third kappa shape index (κ3) is 3.94. The van der Waals surface area contributed by atoms with Gasteiger partial charge in [0.05, 0.1) is 6.10 Å². The van der Waals surface area contributed by atoms with Crippen LogP contribution in [0.15, 0.2) is 0 Å². The average molecular weight is 254 g/mol. The van der Waals surface area contributed by atoms with E-state index < -0.39 is 0 Å². The Kier molecular flexibility index (Phi) is 5.93. The van der Waals surface area contributed by atoms with Crippen LogP contribution in [-0.2, 0) is 4.74 Å². The number of nitrogens with one attached hydrogen (secondary N) is 1. The van der Waals surface area contributed by atoms with E-state index in [9.17, 15) is 0 Å². The van der Waals surface area contributed by atoms with E-state index in [2.05, 4.69) is 24.1 Å². The van der Waals surface area contributed by atoms with Crippen molar-refractivity contribution in [2.75, 3.05) is 26.2 Å². The monoisotopic (exact) mass is 254 g/mol. The van der Waals surface area contributed by atoms with E-state index in [0.29, 0.717) is 12.1 Å². The van der Waals surface area contributed by atoms with Crippen LogP contribution in [0.2, 0.25) is 0 Å². The molecular weight excluding hydrogens is 224 g/mol. The number of likely N-dealkylation sites (tertiary alicyclic amines) is 1. The molecule has 0 aromatic carbocycles. The van der Waals surface area contributed by atoms with Gasteiger partial charge in [0.25, 0.3) is 0 Å². The Morgan fingerprint density at radius 1 is 1.28 bits per heavy atom. The molecule has 2 saturated heterocycles. The smallest absolute Gasteiger partial charge is 0.0700 e. The Labute approximate surface area is 112 Å². The van der Waals surface area contributed by atoms with Crippen LogP contribution in [0.3, 0.4) is 0 Å². The summed E-state index contributed by atoms with van der Waals surface area (Å²) in [6.07, 6.45) is 8.45. The van der Waals surface area contributed by atoms with Crippen molar-refractivity contribution < 1.29 is 4.74 Å². The van der Waals surface area contributed by atoms with Gasteiger partial charge in [-0.15, -0.1) is 0 Å². The second kappa shape index (κ2) is 7.46. The highest BCUT2D eigenvalue weighted by atomic mass is 16.5. The van der Waals surface area contributed by atoms with Crippen LogP contribution in [0.1, 0.15) is 52.4 Å². The maximum atomic E-state index is 5.65. The molecule has 18 heavy (non-hydrogen) atoms. The first-order chi connectivity index (χ1) is 8.81. The highest BCUT2D eigenvalue weighted by Crippen LogP contribution is 2.21. The molecule has 0 saturated carbocycles. The number of piperidine rings is 1. The maximum absolute atomic E-state index is 5.65. The number of hydrogen-bond acceptors (Lipinski definition) is 3. The van der Waals surface area contributed by atoms with Gasteiger partial charge in [-0.2, -0.15) is 0 Å². The Hall–Kier alpha value is -0.120. The van der Waals surface area contributed by atoms with Crippen molar-refractivity contribution in [3.63, 3.8) is 0 Å². The molecular formula is C15H30N2O. The lowest BCUT2D eigenvalue weighted by molar-refractivity contribution is 0.0882. The van der Waals surface area contributed by atoms with Crippen molar-refractivity contribution >= 4 is 0 Å². The summed E-state index contributed by atoms with van der Waals surface area (Å²) in [4.78, 5) is 2.71. The fourth-order valence-electron chi connectivity index (χ4n) is 3.42. The first-order valence-corrected chi connectivity index (χ1v) is 7.89. The van der Waals surface area contributed by atoms with Gasteiger partial charge in [-0.3, -0.25) is 4.90 Å². The first kappa shape index (κ1) is 14.3. The Bertz CT molecular complexity index is 229. The molecule has 0 spiro atoms. The molecule has 3 heteroatoms. The molecule has 3 atom stereocenters. The van der Waals surface area contributed by atoms with E-state index in [1.54, 1.807) is 0 Å². The average Bonchev–Trinajstić information content (AvgIpc) is 2.91. The minimum atomic E-state index is 0.473. The third-order valence-corrected chi connectivity index (χ3v) is 4.55. The predicted molar refractivity (Wildman–Crippen MR) is 75.9 cm³/mol. The highest BCUT2D eigenvalue weighted by Gasteiger charge is 2.25. The SMILES string of the molecule is CCC1CCCCN1C(C)CNCC1CCCO1. The van der Waals surface area contributed by atoms with E-state index in [1.807, 2.05) is 0 Å². The fraction of sp³-hybridized carbons (Fsp3) is 1.00. The van der Waals surface area contributed by atoms with Crippen LogP contribution in [0.25, 0.3) is 0 Å². The molecule has 0 radical (unpaired) electrons. The standard InChI is InChI=1S/C15H30N2O/c1-3-14-7-4-5-9-17(14)13(2)11-16-12-15-8-6-10-18-15/h13-16H,3-12H2,1-2H3. The van der Waals surface area contributed by atoms with Gasteiger partial charge in [0.15, 0.2) is 0 Å². The van der Waals surface area contributed by atoms with Gasteiger partial charge >= 0.3 is 0 Å². The third-order valence-electron chi connectivity index (χ3n) is 4.55. The summed E-state index contributed by atoms with van der Waals surface area (Å²) >= 11 is 0. The largest absolute Gasteiger partial charge is 0.377 e. The molecule has 2 fully saturated rings. The zero-order valence-corrected chi connectivity index (χ0v) is 12.2. The van der Waals surface area contributed by atoms with Gasteiger partial charge in [-0.05, 0) is 45.6 Å². The molecule has 0 aliphatic carbocycles. The van der Waals surface area contributed by atoms with Crippen molar-refractivity contribution in [1.82, 2.24) is 10.2 Å². The molecule has 3 nitrogen and oxygen atoms in total. The van der Waals surface area contributed by atoms with Crippen molar-refractivity contribution in [1.29, 1.82) is 0 Å². The Morgan fingerprint density at radius 2 is 2.17 bits per heavy atom. The molecule has 0 bridgehead atoms. The van der Waals surface area contributed by atoms with Crippen molar-refractivity contribution in [2.24, 2.45) is 0 Å². The van der Waals surface area contributed by atoms with Gasteiger partial charge < -0.3 is 10.1 Å². The molecule has 2 heterocycles. The van der Waals surface area contributed by atoms with E-state index >= 15 is 0 Å². The van der Waals surface area contributed by atoms with Crippen LogP contribution in [0.4, 0.5) is 0 Å². The lowest BCUT2D eigenvalue weighted by Gasteiger charge is -2.39. The predicted octanol–water partition coefficient (Wildman–Crippen LogP) is 2.41. The van der Waals surface area contributed by atoms with E-state index in [-0.39, 0.29) is 0 Å². The van der Waals surface area contributed by atoms with Gasteiger partial charge in [-0.1, -0.05) is 13.3 Å². The molecule has 2 rings (SSSR count). The molecule has 0 aromatic rings. The lowest BCUT2D eigenvalue weighted by atomic mass is 9.98. The number of ether oxygens (including phenoxy) is 1. The van der Waals surface area contributed by atoms with Crippen molar-refractivity contribution in [3.05, 3.63) is 0 Å². The minimum Gasteiger partial charge on any atom is -0.377 e. The van der Waals surface area contributed by atoms with Crippen molar-refractivity contribution in [3.8, 4) is 0 Å². The van der Waals surface area contributed by atoms with Crippen LogP contribution >= 0.6 is 0 Å². The maximum Gasteiger partial charge on any atom is 0.0700 e. The topological polar surface area (TPSA) is 24.5 Å². The summed E-state index contributed by atoms with van der Waals surface area (Å²) in [7, 11) is 0. The molecule has 106 valence electrons. The molecule has 1 N–H and O–H groups in total. The normalized spacial score (nSPS) is 31.7. The second-order valence-electron chi connectivity index (χ2n) is 5.94. The van der Waals surface area contributed by atoms with Crippen LogP contribution in [-0.4, -0.2) is 49.3 Å². The fourth-order valence-corrected chi connectivity index (χ4v) is 3.42. The summed E-state index contributed by atoms with van der Waals surface area (Å²) in [6.45, 7) is 9.10. The number of hydrogen-bond donors (Lipinski definition) is 1. The molecule has 2 aliphatic heterocycles. The first-order valence-electron chi connectivity index (χ1n) is 7.89. The van der Waals surface area contributed by atoms with E-state index in [0.717, 1.165) is 25.7 Å². The quantitative estimate of drug-likeness (QED) is 0.788. The number of rotatable bonds is 6. The molecule has 3 unspecified atom stereocenters. The highest BCUT2D eigenvalue weighted by molar-refractivity contribution is 4.81. The molecule has 0 aromatic heterocycles. The zero-order chi connectivity index (χ0) is 12.8. The zero-order valence-electron chi connectivity index (χ0n) is 12.2. The van der Waals surface area contributed by atoms with Crippen LogP contribution < -0.4 is 5.32 Å². The van der Waals surface area contributed by atoms with Gasteiger partial charge in [0.1, 0.15) is 0 Å². The Balaban J connectivity index is 1.67. The van der Waals surface area contributed by atoms with Gasteiger partial charge in [0, 0.05) is 31.8 Å². The van der Waals surface area contributed by atoms with Gasteiger partial charge in [0.2, 0.25) is 0 Å². The minimum absolute atomic E-state index is 0.473. The van der Waals surface area contributed by atoms with Crippen LogP contribution in [0, 0.1) is 0 Å². The second-order valence-corrected chi connectivity index (χ2v) is 5.94. The summed E-state index contributed by atoms with van der Waals surface area (Å²) in [5.41, 5.74) is 0. The Morgan fingerprint density at radius 3 is 2.89 bits per heavy atom. The summed E-state index contributed by atoms with van der Waals surface area (Å²) in [5, 5.41) is 3.60. The summed E-state index contributed by atoms with van der Waals surface area (Å²) in [6, 6.07) is 1.48. The summed E-state index contributed by atoms with van der Waals surface area (Å²) < 4.78 is 5.65. The van der Waals surface area contributed by atoms with Crippen molar-refractivity contribution in [2.45, 2.75) is 70.6 Å². The molecule has 2 aliphatic rings. The van der Waals surface area contributed by atoms with Gasteiger partial charge in [-0.25, -0.2) is 0 Å². The molecule has 0 amide bonds. The number of nitrogens with zero attached hydrogens (tertiary/aromatic N) is 1.